The van der Waals surface area contributed by atoms with E-state index < -0.39 is 6.10 Å². The normalized spacial score (nSPS) is 12.6. The number of nitrogens with zero attached hydrogens (tertiary/aromatic N) is 2. The lowest BCUT2D eigenvalue weighted by Crippen LogP contribution is -2.31. The summed E-state index contributed by atoms with van der Waals surface area (Å²) in [6, 6.07) is 10.6. The molecule has 1 atom stereocenters. The van der Waals surface area contributed by atoms with E-state index in [2.05, 4.69) is 18.7 Å². The molecule has 0 radical (unpaired) electrons. The van der Waals surface area contributed by atoms with Crippen molar-refractivity contribution >= 4 is 57.3 Å². The monoisotopic (exact) mass is 512 g/mol. The molecule has 0 aliphatic heterocycles. The molecule has 0 fully saturated rings. The van der Waals surface area contributed by atoms with Crippen molar-refractivity contribution in [3.8, 4) is 11.3 Å². The molecular formula is C25H28Cl4N2O. The second kappa shape index (κ2) is 11.9. The van der Waals surface area contributed by atoms with Gasteiger partial charge in [-0.05, 0) is 61.8 Å². The lowest BCUT2D eigenvalue weighted by atomic mass is 9.99. The molecule has 0 aliphatic rings. The molecule has 1 aromatic heterocycles. The summed E-state index contributed by atoms with van der Waals surface area (Å²) in [6.45, 7) is 6.75. The number of halogens is 4. The summed E-state index contributed by atoms with van der Waals surface area (Å²) in [5.41, 5.74) is 2.46. The van der Waals surface area contributed by atoms with Gasteiger partial charge < -0.3 is 10.0 Å². The Hall–Kier alpha value is -1.07. The van der Waals surface area contributed by atoms with Crippen molar-refractivity contribution in [1.29, 1.82) is 0 Å². The highest BCUT2D eigenvalue weighted by Gasteiger charge is 2.21. The van der Waals surface area contributed by atoms with Gasteiger partial charge in [-0.2, -0.15) is 0 Å². The molecule has 0 spiro atoms. The molecule has 0 amide bonds. The Balaban J connectivity index is 2.11. The lowest BCUT2D eigenvalue weighted by molar-refractivity contribution is 0.112. The van der Waals surface area contributed by atoms with Gasteiger partial charge >= 0.3 is 0 Å². The molecule has 172 valence electrons. The van der Waals surface area contributed by atoms with Crippen molar-refractivity contribution in [2.24, 2.45) is 0 Å². The Labute approximate surface area is 210 Å². The van der Waals surface area contributed by atoms with Gasteiger partial charge in [0.1, 0.15) is 0 Å². The molecule has 1 unspecified atom stereocenters. The van der Waals surface area contributed by atoms with Gasteiger partial charge in [-0.1, -0.05) is 79.2 Å². The Bertz CT molecular complexity index is 1050. The zero-order valence-corrected chi connectivity index (χ0v) is 21.4. The molecule has 1 N–H and O–H groups in total. The van der Waals surface area contributed by atoms with Gasteiger partial charge in [0.2, 0.25) is 0 Å². The molecule has 0 bridgehead atoms. The number of aliphatic hydroxyl groups is 1. The standard InChI is InChI=1S/C25H28Cl4N2O/c1-3-5-10-31(11-6-4-2)15-23(32)17-14-22(24-19(27)8-7-9-20(24)28)30-25-18(17)12-16(26)13-21(25)29/h7-9,12-14,23,32H,3-6,10-11,15H2,1-2H3. The molecule has 2 aromatic carbocycles. The number of pyridine rings is 1. The van der Waals surface area contributed by atoms with E-state index in [0.717, 1.165) is 44.2 Å². The summed E-state index contributed by atoms with van der Waals surface area (Å²) in [4.78, 5) is 7.06. The smallest absolute Gasteiger partial charge is 0.0924 e. The maximum absolute atomic E-state index is 11.4. The fraction of sp³-hybridized carbons (Fsp3) is 0.400. The summed E-state index contributed by atoms with van der Waals surface area (Å²) in [6.07, 6.45) is 3.65. The van der Waals surface area contributed by atoms with Crippen LogP contribution in [0.2, 0.25) is 20.1 Å². The quantitative estimate of drug-likeness (QED) is 0.295. The highest BCUT2D eigenvalue weighted by molar-refractivity contribution is 6.40. The summed E-state index contributed by atoms with van der Waals surface area (Å²) in [5.74, 6) is 0. The third-order valence-corrected chi connectivity index (χ3v) is 6.66. The number of unbranched alkanes of at least 4 members (excludes halogenated alkanes) is 2. The van der Waals surface area contributed by atoms with Crippen LogP contribution in [0.1, 0.15) is 51.2 Å². The van der Waals surface area contributed by atoms with Gasteiger partial charge in [0.15, 0.2) is 0 Å². The van der Waals surface area contributed by atoms with Gasteiger partial charge in [0, 0.05) is 22.5 Å². The van der Waals surface area contributed by atoms with Crippen molar-refractivity contribution in [1.82, 2.24) is 9.88 Å². The molecule has 0 aliphatic carbocycles. The van der Waals surface area contributed by atoms with Crippen LogP contribution in [0.25, 0.3) is 22.2 Å². The maximum Gasteiger partial charge on any atom is 0.0924 e. The predicted octanol–water partition coefficient (Wildman–Crippen LogP) is 8.45. The summed E-state index contributed by atoms with van der Waals surface area (Å²) < 4.78 is 0. The molecule has 1 heterocycles. The van der Waals surface area contributed by atoms with Gasteiger partial charge in [0.25, 0.3) is 0 Å². The van der Waals surface area contributed by atoms with Crippen molar-refractivity contribution in [3.63, 3.8) is 0 Å². The maximum atomic E-state index is 11.4. The average Bonchev–Trinajstić information content (AvgIpc) is 2.75. The first-order valence-corrected chi connectivity index (χ1v) is 12.5. The van der Waals surface area contributed by atoms with E-state index in [9.17, 15) is 5.11 Å². The zero-order valence-electron chi connectivity index (χ0n) is 18.3. The van der Waals surface area contributed by atoms with E-state index in [1.807, 2.05) is 6.07 Å². The Kier molecular flexibility index (Phi) is 9.48. The highest BCUT2D eigenvalue weighted by Crippen LogP contribution is 2.39. The first kappa shape index (κ1) is 25.6. The number of hydrogen-bond donors (Lipinski definition) is 1. The summed E-state index contributed by atoms with van der Waals surface area (Å²) in [5, 5.41) is 14.0. The fourth-order valence-electron chi connectivity index (χ4n) is 3.82. The van der Waals surface area contributed by atoms with Gasteiger partial charge in [-0.15, -0.1) is 0 Å². The Morgan fingerprint density at radius 2 is 1.53 bits per heavy atom. The third-order valence-electron chi connectivity index (χ3n) is 5.53. The van der Waals surface area contributed by atoms with E-state index in [1.54, 1.807) is 30.3 Å². The molecule has 32 heavy (non-hydrogen) atoms. The van der Waals surface area contributed by atoms with Crippen LogP contribution in [0.5, 0.6) is 0 Å². The van der Waals surface area contributed by atoms with E-state index in [4.69, 9.17) is 51.4 Å². The van der Waals surface area contributed by atoms with Crippen LogP contribution in [0.15, 0.2) is 36.4 Å². The van der Waals surface area contributed by atoms with Gasteiger partial charge in [-0.25, -0.2) is 4.98 Å². The van der Waals surface area contributed by atoms with Crippen LogP contribution in [-0.2, 0) is 0 Å². The van der Waals surface area contributed by atoms with E-state index in [1.165, 1.54) is 0 Å². The number of aromatic nitrogens is 1. The second-order valence-corrected chi connectivity index (χ2v) is 9.66. The molecule has 0 saturated heterocycles. The van der Waals surface area contributed by atoms with Crippen LogP contribution >= 0.6 is 46.4 Å². The van der Waals surface area contributed by atoms with Gasteiger partial charge in [0.05, 0.1) is 32.4 Å². The molecule has 7 heteroatoms. The molecule has 3 nitrogen and oxygen atoms in total. The molecule has 0 saturated carbocycles. The molecule has 3 aromatic rings. The number of aliphatic hydroxyl groups excluding tert-OH is 1. The van der Waals surface area contributed by atoms with Crippen LogP contribution in [0, 0.1) is 0 Å². The first-order chi connectivity index (χ1) is 15.3. The van der Waals surface area contributed by atoms with Crippen LogP contribution in [0.3, 0.4) is 0 Å². The van der Waals surface area contributed by atoms with Crippen molar-refractivity contribution in [2.75, 3.05) is 19.6 Å². The minimum atomic E-state index is -0.747. The first-order valence-electron chi connectivity index (χ1n) is 11.0. The minimum Gasteiger partial charge on any atom is -0.387 e. The van der Waals surface area contributed by atoms with Crippen LogP contribution in [0.4, 0.5) is 0 Å². The minimum absolute atomic E-state index is 0.416. The fourth-order valence-corrected chi connectivity index (χ4v) is 4.95. The predicted molar refractivity (Wildman–Crippen MR) is 138 cm³/mol. The summed E-state index contributed by atoms with van der Waals surface area (Å²) in [7, 11) is 0. The van der Waals surface area contributed by atoms with Gasteiger partial charge in [-0.3, -0.25) is 0 Å². The van der Waals surface area contributed by atoms with Crippen LogP contribution < -0.4 is 0 Å². The molecular weight excluding hydrogens is 486 g/mol. The largest absolute Gasteiger partial charge is 0.387 e. The number of rotatable bonds is 10. The number of fused-ring (bicyclic) bond motifs is 1. The zero-order chi connectivity index (χ0) is 23.3. The topological polar surface area (TPSA) is 36.4 Å². The molecule has 3 rings (SSSR count). The van der Waals surface area contributed by atoms with E-state index >= 15 is 0 Å². The second-order valence-electron chi connectivity index (χ2n) is 8.00. The van der Waals surface area contributed by atoms with E-state index in [-0.39, 0.29) is 0 Å². The van der Waals surface area contributed by atoms with Crippen molar-refractivity contribution < 1.29 is 5.11 Å². The average molecular weight is 514 g/mol. The summed E-state index contributed by atoms with van der Waals surface area (Å²) >= 11 is 25.7. The third kappa shape index (κ3) is 6.08. The highest BCUT2D eigenvalue weighted by atomic mass is 35.5. The lowest BCUT2D eigenvalue weighted by Gasteiger charge is -2.26. The Morgan fingerprint density at radius 3 is 2.12 bits per heavy atom. The van der Waals surface area contributed by atoms with E-state index in [0.29, 0.717) is 49.0 Å². The Morgan fingerprint density at radius 1 is 0.906 bits per heavy atom. The van der Waals surface area contributed by atoms with Crippen LogP contribution in [-0.4, -0.2) is 34.6 Å². The number of hydrogen-bond acceptors (Lipinski definition) is 3. The SMILES string of the molecule is CCCCN(CCCC)CC(O)c1cc(-c2c(Cl)cccc2Cl)nc2c(Cl)cc(Cl)cc12. The van der Waals surface area contributed by atoms with Crippen molar-refractivity contribution in [2.45, 2.75) is 45.6 Å². The van der Waals surface area contributed by atoms with Crippen molar-refractivity contribution in [3.05, 3.63) is 62.1 Å². The number of benzene rings is 2.